The molecule has 0 aliphatic heterocycles. The fourth-order valence-corrected chi connectivity index (χ4v) is 3.33. The monoisotopic (exact) mass is 386 g/mol. The number of benzene rings is 1. The number of fused-ring (bicyclic) bond motifs is 1. The highest BCUT2D eigenvalue weighted by atomic mass is 16.5. The lowest BCUT2D eigenvalue weighted by Crippen LogP contribution is -2.21. The minimum absolute atomic E-state index is 0.0821. The van der Waals surface area contributed by atoms with Gasteiger partial charge < -0.3 is 14.6 Å². The second kappa shape index (κ2) is 7.75. The molecule has 0 unspecified atom stereocenters. The van der Waals surface area contributed by atoms with E-state index in [1.807, 2.05) is 43.5 Å². The minimum atomic E-state index is -0.0821. The van der Waals surface area contributed by atoms with Crippen LogP contribution in [0.3, 0.4) is 0 Å². The second-order valence-electron chi connectivity index (χ2n) is 6.91. The molecule has 0 aliphatic rings. The van der Waals surface area contributed by atoms with Crippen LogP contribution in [0, 0.1) is 0 Å². The van der Waals surface area contributed by atoms with Crippen molar-refractivity contribution in [2.45, 2.75) is 6.92 Å². The van der Waals surface area contributed by atoms with E-state index in [9.17, 15) is 4.79 Å². The third kappa shape index (κ3) is 3.57. The summed E-state index contributed by atoms with van der Waals surface area (Å²) in [5.74, 6) is 0.753. The van der Waals surface area contributed by atoms with Gasteiger partial charge in [-0.1, -0.05) is 18.2 Å². The number of hydrogen-bond donors (Lipinski definition) is 1. The Labute approximate surface area is 169 Å². The predicted octanol–water partition coefficient (Wildman–Crippen LogP) is 4.39. The molecule has 0 atom stereocenters. The summed E-state index contributed by atoms with van der Waals surface area (Å²) in [6.45, 7) is 2.57. The first-order chi connectivity index (χ1) is 14.1. The molecule has 0 bridgehead atoms. The number of H-pyrrole nitrogens is 1. The quantitative estimate of drug-likeness (QED) is 0.552. The molecular formula is C23H22N4O2. The number of rotatable bonds is 5. The summed E-state index contributed by atoms with van der Waals surface area (Å²) in [6.07, 6.45) is 7.06. The van der Waals surface area contributed by atoms with E-state index in [4.69, 9.17) is 4.74 Å². The molecule has 4 aromatic rings. The molecule has 3 aromatic heterocycles. The molecule has 0 fully saturated rings. The van der Waals surface area contributed by atoms with Crippen LogP contribution in [0.25, 0.3) is 33.3 Å². The van der Waals surface area contributed by atoms with Gasteiger partial charge in [-0.3, -0.25) is 9.78 Å². The Morgan fingerprint density at radius 3 is 2.66 bits per heavy atom. The van der Waals surface area contributed by atoms with Crippen LogP contribution < -0.4 is 4.74 Å². The molecule has 3 heterocycles. The van der Waals surface area contributed by atoms with Gasteiger partial charge in [-0.15, -0.1) is 0 Å². The maximum Gasteiger partial charge on any atom is 0.254 e. The lowest BCUT2D eigenvalue weighted by Gasteiger charge is -2.11. The smallest absolute Gasteiger partial charge is 0.254 e. The molecular weight excluding hydrogens is 364 g/mol. The van der Waals surface area contributed by atoms with Crippen LogP contribution in [0.15, 0.2) is 61.2 Å². The van der Waals surface area contributed by atoms with Gasteiger partial charge in [0.05, 0.1) is 12.2 Å². The van der Waals surface area contributed by atoms with Crippen molar-refractivity contribution in [1.29, 1.82) is 0 Å². The number of para-hydroxylation sites is 1. The highest BCUT2D eigenvalue weighted by Gasteiger charge is 2.14. The van der Waals surface area contributed by atoms with Crippen molar-refractivity contribution in [3.05, 3.63) is 66.7 Å². The summed E-state index contributed by atoms with van der Waals surface area (Å²) < 4.78 is 5.80. The number of carbonyl (C=O) groups is 1. The summed E-state index contributed by atoms with van der Waals surface area (Å²) in [7, 11) is 3.45. The lowest BCUT2D eigenvalue weighted by atomic mass is 10.0. The maximum absolute atomic E-state index is 12.3. The van der Waals surface area contributed by atoms with Gasteiger partial charge in [0.1, 0.15) is 11.4 Å². The number of aromatic amines is 1. The summed E-state index contributed by atoms with van der Waals surface area (Å²) in [6, 6.07) is 11.9. The fraction of sp³-hybridized carbons (Fsp3) is 0.174. The van der Waals surface area contributed by atoms with Crippen LogP contribution in [0.1, 0.15) is 17.3 Å². The van der Waals surface area contributed by atoms with E-state index in [0.717, 1.165) is 39.0 Å². The third-order valence-electron chi connectivity index (χ3n) is 4.73. The fourth-order valence-electron chi connectivity index (χ4n) is 3.33. The zero-order valence-corrected chi connectivity index (χ0v) is 16.6. The zero-order valence-electron chi connectivity index (χ0n) is 16.6. The molecule has 4 rings (SSSR count). The van der Waals surface area contributed by atoms with E-state index >= 15 is 0 Å². The van der Waals surface area contributed by atoms with Crippen molar-refractivity contribution in [1.82, 2.24) is 19.9 Å². The van der Waals surface area contributed by atoms with Gasteiger partial charge in [0.15, 0.2) is 0 Å². The first kappa shape index (κ1) is 18.7. The topological polar surface area (TPSA) is 71.1 Å². The summed E-state index contributed by atoms with van der Waals surface area (Å²) in [4.78, 5) is 25.9. The lowest BCUT2D eigenvalue weighted by molar-refractivity contribution is 0.0827. The van der Waals surface area contributed by atoms with Gasteiger partial charge in [0.25, 0.3) is 5.91 Å². The van der Waals surface area contributed by atoms with Gasteiger partial charge >= 0.3 is 0 Å². The largest absolute Gasteiger partial charge is 0.493 e. The first-order valence-corrected chi connectivity index (χ1v) is 9.45. The minimum Gasteiger partial charge on any atom is -0.493 e. The van der Waals surface area contributed by atoms with Crippen LogP contribution >= 0.6 is 0 Å². The molecule has 0 radical (unpaired) electrons. The number of pyridine rings is 2. The molecule has 0 saturated heterocycles. The Morgan fingerprint density at radius 2 is 1.86 bits per heavy atom. The Morgan fingerprint density at radius 1 is 1.07 bits per heavy atom. The van der Waals surface area contributed by atoms with Crippen LogP contribution in [0.2, 0.25) is 0 Å². The number of amides is 1. The van der Waals surface area contributed by atoms with Crippen molar-refractivity contribution in [3.8, 4) is 28.0 Å². The van der Waals surface area contributed by atoms with E-state index in [2.05, 4.69) is 21.0 Å². The first-order valence-electron chi connectivity index (χ1n) is 9.45. The van der Waals surface area contributed by atoms with Crippen LogP contribution in [0.4, 0.5) is 0 Å². The zero-order chi connectivity index (χ0) is 20.4. The summed E-state index contributed by atoms with van der Waals surface area (Å²) in [5.41, 5.74) is 5.11. The van der Waals surface area contributed by atoms with Crippen LogP contribution in [-0.4, -0.2) is 46.5 Å². The van der Waals surface area contributed by atoms with E-state index < -0.39 is 0 Å². The van der Waals surface area contributed by atoms with Gasteiger partial charge in [-0.25, -0.2) is 4.98 Å². The molecule has 146 valence electrons. The highest BCUT2D eigenvalue weighted by molar-refractivity contribution is 5.98. The molecule has 0 spiro atoms. The predicted molar refractivity (Wildman–Crippen MR) is 114 cm³/mol. The Hall–Kier alpha value is -3.67. The molecule has 1 aromatic carbocycles. The number of carbonyl (C=O) groups excluding carboxylic acids is 1. The van der Waals surface area contributed by atoms with Crippen molar-refractivity contribution < 1.29 is 9.53 Å². The van der Waals surface area contributed by atoms with Crippen molar-refractivity contribution in [2.24, 2.45) is 0 Å². The Bertz CT molecular complexity index is 1180. The number of hydrogen-bond acceptors (Lipinski definition) is 4. The average Bonchev–Trinajstić information content (AvgIpc) is 3.17. The molecule has 29 heavy (non-hydrogen) atoms. The van der Waals surface area contributed by atoms with E-state index in [1.165, 1.54) is 4.90 Å². The van der Waals surface area contributed by atoms with E-state index in [1.54, 1.807) is 32.7 Å². The van der Waals surface area contributed by atoms with Gasteiger partial charge in [-0.2, -0.15) is 0 Å². The Balaban J connectivity index is 1.81. The SMILES string of the molecule is CCOc1ccccc1-c1c[nH]c2ncc(-c3cncc(C(=O)N(C)C)c3)cc12. The van der Waals surface area contributed by atoms with Crippen molar-refractivity contribution >= 4 is 16.9 Å². The van der Waals surface area contributed by atoms with Gasteiger partial charge in [0, 0.05) is 66.5 Å². The number of nitrogens with zero attached hydrogens (tertiary/aromatic N) is 3. The van der Waals surface area contributed by atoms with E-state index in [-0.39, 0.29) is 5.91 Å². The summed E-state index contributed by atoms with van der Waals surface area (Å²) >= 11 is 0. The molecule has 0 aliphatic carbocycles. The maximum atomic E-state index is 12.3. The third-order valence-corrected chi connectivity index (χ3v) is 4.73. The van der Waals surface area contributed by atoms with Crippen molar-refractivity contribution in [2.75, 3.05) is 20.7 Å². The highest BCUT2D eigenvalue weighted by Crippen LogP contribution is 2.36. The van der Waals surface area contributed by atoms with E-state index in [0.29, 0.717) is 12.2 Å². The normalized spacial score (nSPS) is 10.9. The van der Waals surface area contributed by atoms with Crippen LogP contribution in [-0.2, 0) is 0 Å². The van der Waals surface area contributed by atoms with Crippen molar-refractivity contribution in [3.63, 3.8) is 0 Å². The van der Waals surface area contributed by atoms with Gasteiger partial charge in [0.2, 0.25) is 0 Å². The number of ether oxygens (including phenoxy) is 1. The average molecular weight is 386 g/mol. The molecule has 1 N–H and O–H groups in total. The molecule has 6 heteroatoms. The summed E-state index contributed by atoms with van der Waals surface area (Å²) in [5, 5.41) is 0.985. The second-order valence-corrected chi connectivity index (χ2v) is 6.91. The standard InChI is InChI=1S/C23H22N4O2/c1-4-29-21-8-6-5-7-18(21)20-14-26-22-19(20)10-16(13-25-22)15-9-17(12-24-11-15)23(28)27(2)3/h5-14H,4H2,1-3H3,(H,25,26). The molecule has 6 nitrogen and oxygen atoms in total. The van der Waals surface area contributed by atoms with Gasteiger partial charge in [-0.05, 0) is 25.1 Å². The number of aromatic nitrogens is 3. The molecule has 0 saturated carbocycles. The Kier molecular flexibility index (Phi) is 4.99. The number of nitrogens with one attached hydrogen (secondary N) is 1. The van der Waals surface area contributed by atoms with Crippen LogP contribution in [0.5, 0.6) is 5.75 Å². The molecule has 1 amide bonds.